The Morgan fingerprint density at radius 3 is 2.81 bits per heavy atom. The molecule has 2 rings (SSSR count). The van der Waals surface area contributed by atoms with Gasteiger partial charge in [-0.1, -0.05) is 6.07 Å². The van der Waals surface area contributed by atoms with Crippen molar-refractivity contribution in [3.05, 3.63) is 53.8 Å². The van der Waals surface area contributed by atoms with E-state index in [1.54, 1.807) is 24.3 Å². The molecule has 0 heterocycles. The number of hydrogen-bond donors (Lipinski definition) is 3. The maximum Gasteiger partial charge on any atom is 0.258 e. The summed E-state index contributed by atoms with van der Waals surface area (Å²) in [7, 11) is 0. The van der Waals surface area contributed by atoms with Crippen molar-refractivity contribution in [2.75, 3.05) is 18.5 Å². The highest BCUT2D eigenvalue weighted by molar-refractivity contribution is 6.04. The molecular formula is C15H15FN2O3. The molecule has 21 heavy (non-hydrogen) atoms. The Morgan fingerprint density at radius 1 is 1.29 bits per heavy atom. The minimum Gasteiger partial charge on any atom is -0.508 e. The third kappa shape index (κ3) is 3.93. The first-order valence-electron chi connectivity index (χ1n) is 6.33. The van der Waals surface area contributed by atoms with E-state index < -0.39 is 11.7 Å². The van der Waals surface area contributed by atoms with Crippen molar-refractivity contribution in [1.82, 2.24) is 0 Å². The monoisotopic (exact) mass is 290 g/mol. The summed E-state index contributed by atoms with van der Waals surface area (Å²) in [6, 6.07) is 10.1. The van der Waals surface area contributed by atoms with E-state index in [4.69, 9.17) is 15.6 Å². The van der Waals surface area contributed by atoms with Crippen LogP contribution in [0.4, 0.5) is 10.1 Å². The number of hydrogen-bond acceptors (Lipinski definition) is 4. The lowest BCUT2D eigenvalue weighted by molar-refractivity contribution is 0.102. The zero-order valence-corrected chi connectivity index (χ0v) is 11.2. The summed E-state index contributed by atoms with van der Waals surface area (Å²) in [5.74, 6) is -1.07. The van der Waals surface area contributed by atoms with Crippen molar-refractivity contribution in [3.63, 3.8) is 0 Å². The zero-order chi connectivity index (χ0) is 15.2. The Morgan fingerprint density at radius 2 is 2.10 bits per heavy atom. The quantitative estimate of drug-likeness (QED) is 0.787. The van der Waals surface area contributed by atoms with E-state index in [0.717, 1.165) is 6.07 Å². The van der Waals surface area contributed by atoms with Crippen molar-refractivity contribution in [2.24, 2.45) is 5.73 Å². The van der Waals surface area contributed by atoms with Crippen LogP contribution in [0.25, 0.3) is 0 Å². The Balaban J connectivity index is 2.12. The number of nitrogens with one attached hydrogen (secondary N) is 1. The SMILES string of the molecule is NCCOc1cccc(NC(=O)c2ccc(O)cc2F)c1. The summed E-state index contributed by atoms with van der Waals surface area (Å²) in [6.45, 7) is 0.749. The number of benzene rings is 2. The molecule has 0 aromatic heterocycles. The molecule has 0 saturated carbocycles. The van der Waals surface area contributed by atoms with Crippen molar-refractivity contribution in [3.8, 4) is 11.5 Å². The molecule has 110 valence electrons. The van der Waals surface area contributed by atoms with Gasteiger partial charge in [-0.25, -0.2) is 4.39 Å². The van der Waals surface area contributed by atoms with Gasteiger partial charge in [-0.05, 0) is 24.3 Å². The third-order valence-electron chi connectivity index (χ3n) is 2.68. The normalized spacial score (nSPS) is 10.2. The molecule has 0 unspecified atom stereocenters. The molecule has 6 heteroatoms. The second-order valence-corrected chi connectivity index (χ2v) is 4.28. The van der Waals surface area contributed by atoms with Crippen LogP contribution in [0.15, 0.2) is 42.5 Å². The van der Waals surface area contributed by atoms with Crippen LogP contribution in [0.3, 0.4) is 0 Å². The largest absolute Gasteiger partial charge is 0.508 e. The highest BCUT2D eigenvalue weighted by atomic mass is 19.1. The van der Waals surface area contributed by atoms with E-state index in [0.29, 0.717) is 24.6 Å². The summed E-state index contributed by atoms with van der Waals surface area (Å²) < 4.78 is 18.9. The molecule has 0 aliphatic rings. The second kappa shape index (κ2) is 6.71. The van der Waals surface area contributed by atoms with Gasteiger partial charge in [-0.15, -0.1) is 0 Å². The summed E-state index contributed by atoms with van der Waals surface area (Å²) in [5.41, 5.74) is 5.67. The molecule has 0 atom stereocenters. The summed E-state index contributed by atoms with van der Waals surface area (Å²) in [5, 5.41) is 11.7. The average molecular weight is 290 g/mol. The van der Waals surface area contributed by atoms with E-state index in [1.807, 2.05) is 0 Å². The van der Waals surface area contributed by atoms with E-state index >= 15 is 0 Å². The number of phenolic OH excluding ortho intramolecular Hbond substituents is 1. The third-order valence-corrected chi connectivity index (χ3v) is 2.68. The minimum absolute atomic E-state index is 0.152. The molecule has 2 aromatic carbocycles. The molecule has 0 aliphatic heterocycles. The van der Waals surface area contributed by atoms with Gasteiger partial charge >= 0.3 is 0 Å². The first-order valence-corrected chi connectivity index (χ1v) is 6.33. The topological polar surface area (TPSA) is 84.6 Å². The smallest absolute Gasteiger partial charge is 0.258 e. The van der Waals surface area contributed by atoms with E-state index in [9.17, 15) is 9.18 Å². The van der Waals surface area contributed by atoms with Gasteiger partial charge in [0.1, 0.15) is 23.9 Å². The van der Waals surface area contributed by atoms with Crippen LogP contribution in [-0.2, 0) is 0 Å². The Hall–Kier alpha value is -2.60. The molecule has 5 nitrogen and oxygen atoms in total. The minimum atomic E-state index is -0.789. The van der Waals surface area contributed by atoms with Crippen LogP contribution in [0.5, 0.6) is 11.5 Å². The molecule has 0 spiro atoms. The van der Waals surface area contributed by atoms with Gasteiger partial charge in [-0.3, -0.25) is 4.79 Å². The summed E-state index contributed by atoms with van der Waals surface area (Å²) in [4.78, 5) is 12.0. The zero-order valence-electron chi connectivity index (χ0n) is 11.2. The van der Waals surface area contributed by atoms with E-state index in [-0.39, 0.29) is 11.3 Å². The number of aromatic hydroxyl groups is 1. The lowest BCUT2D eigenvalue weighted by Crippen LogP contribution is -2.14. The van der Waals surface area contributed by atoms with Crippen LogP contribution >= 0.6 is 0 Å². The molecule has 0 fully saturated rings. The van der Waals surface area contributed by atoms with Crippen molar-refractivity contribution < 1.29 is 19.0 Å². The Bertz CT molecular complexity index is 647. The predicted octanol–water partition coefficient (Wildman–Crippen LogP) is 2.12. The maximum atomic E-state index is 13.6. The van der Waals surface area contributed by atoms with Gasteiger partial charge < -0.3 is 20.9 Å². The maximum absolute atomic E-state index is 13.6. The van der Waals surface area contributed by atoms with Gasteiger partial charge in [0.2, 0.25) is 0 Å². The number of phenols is 1. The highest BCUT2D eigenvalue weighted by Gasteiger charge is 2.12. The molecule has 1 amide bonds. The molecule has 0 aliphatic carbocycles. The second-order valence-electron chi connectivity index (χ2n) is 4.28. The van der Waals surface area contributed by atoms with Gasteiger partial charge in [0.25, 0.3) is 5.91 Å². The molecule has 4 N–H and O–H groups in total. The standard InChI is InChI=1S/C15H15FN2O3/c16-14-9-11(19)4-5-13(14)15(20)18-10-2-1-3-12(8-10)21-7-6-17/h1-5,8-9,19H,6-7,17H2,(H,18,20). The summed E-state index contributed by atoms with van der Waals surface area (Å²) >= 11 is 0. The van der Waals surface area contributed by atoms with Crippen molar-refractivity contribution in [2.45, 2.75) is 0 Å². The van der Waals surface area contributed by atoms with Gasteiger partial charge in [0.05, 0.1) is 5.56 Å². The molecule has 0 radical (unpaired) electrons. The number of ether oxygens (including phenoxy) is 1. The number of carbonyl (C=O) groups is 1. The van der Waals surface area contributed by atoms with Gasteiger partial charge in [0, 0.05) is 24.4 Å². The fraction of sp³-hybridized carbons (Fsp3) is 0.133. The highest BCUT2D eigenvalue weighted by Crippen LogP contribution is 2.20. The van der Waals surface area contributed by atoms with Crippen molar-refractivity contribution in [1.29, 1.82) is 0 Å². The molecule has 0 saturated heterocycles. The number of halogens is 1. The van der Waals surface area contributed by atoms with Gasteiger partial charge in [0.15, 0.2) is 0 Å². The first-order chi connectivity index (χ1) is 10.1. The lowest BCUT2D eigenvalue weighted by atomic mass is 10.2. The number of carbonyl (C=O) groups excluding carboxylic acids is 1. The fourth-order valence-corrected chi connectivity index (χ4v) is 1.73. The van der Waals surface area contributed by atoms with E-state index in [2.05, 4.69) is 5.32 Å². The average Bonchev–Trinajstić information content (AvgIpc) is 2.45. The van der Waals surface area contributed by atoms with Gasteiger partial charge in [-0.2, -0.15) is 0 Å². The van der Waals surface area contributed by atoms with Crippen LogP contribution in [0, 0.1) is 5.82 Å². The summed E-state index contributed by atoms with van der Waals surface area (Å²) in [6.07, 6.45) is 0. The van der Waals surface area contributed by atoms with E-state index in [1.165, 1.54) is 12.1 Å². The number of amides is 1. The Labute approximate surface area is 121 Å². The van der Waals surface area contributed by atoms with Crippen molar-refractivity contribution >= 4 is 11.6 Å². The number of nitrogens with two attached hydrogens (primary N) is 1. The van der Waals surface area contributed by atoms with Crippen LogP contribution in [0.2, 0.25) is 0 Å². The molecule has 0 bridgehead atoms. The fourth-order valence-electron chi connectivity index (χ4n) is 1.73. The number of anilines is 1. The number of rotatable bonds is 5. The predicted molar refractivity (Wildman–Crippen MR) is 77.0 cm³/mol. The lowest BCUT2D eigenvalue weighted by Gasteiger charge is -2.09. The van der Waals surface area contributed by atoms with Crippen LogP contribution < -0.4 is 15.8 Å². The Kier molecular flexibility index (Phi) is 4.73. The molecular weight excluding hydrogens is 275 g/mol. The first kappa shape index (κ1) is 14.8. The van der Waals surface area contributed by atoms with Crippen LogP contribution in [0.1, 0.15) is 10.4 Å². The molecule has 2 aromatic rings. The van der Waals surface area contributed by atoms with Crippen LogP contribution in [-0.4, -0.2) is 24.2 Å².